The summed E-state index contributed by atoms with van der Waals surface area (Å²) in [6.07, 6.45) is 1.41. The first-order valence-corrected chi connectivity index (χ1v) is 7.26. The number of benzene rings is 2. The molecule has 0 amide bonds. The van der Waals surface area contributed by atoms with Gasteiger partial charge in [-0.25, -0.2) is 8.78 Å². The predicted molar refractivity (Wildman–Crippen MR) is 85.2 cm³/mol. The minimum Gasteiger partial charge on any atom is -0.469 e. The lowest BCUT2D eigenvalue weighted by Gasteiger charge is -2.13. The summed E-state index contributed by atoms with van der Waals surface area (Å²) in [6, 6.07) is 8.11. The molecule has 0 atom stereocenters. The molecule has 25 heavy (non-hydrogen) atoms. The highest BCUT2D eigenvalue weighted by molar-refractivity contribution is 5.89. The van der Waals surface area contributed by atoms with Crippen molar-refractivity contribution in [2.24, 2.45) is 0 Å². The van der Waals surface area contributed by atoms with Crippen molar-refractivity contribution < 1.29 is 23.0 Å². The molecule has 1 aromatic heterocycles. The normalized spacial score (nSPS) is 10.5. The molecule has 5 nitrogen and oxygen atoms in total. The summed E-state index contributed by atoms with van der Waals surface area (Å²) < 4.78 is 38.2. The Labute approximate surface area is 141 Å². The van der Waals surface area contributed by atoms with Crippen LogP contribution < -0.4 is 4.74 Å². The van der Waals surface area contributed by atoms with Crippen LogP contribution in [0.15, 0.2) is 36.5 Å². The summed E-state index contributed by atoms with van der Waals surface area (Å²) >= 11 is 0. The van der Waals surface area contributed by atoms with E-state index in [1.807, 2.05) is 0 Å². The molecule has 0 saturated carbocycles. The van der Waals surface area contributed by atoms with Crippen molar-refractivity contribution in [1.29, 1.82) is 5.26 Å². The number of fused-ring (bicyclic) bond motifs is 1. The monoisotopic (exact) mass is 342 g/mol. The first kappa shape index (κ1) is 16.5. The minimum absolute atomic E-state index is 0.0813. The molecule has 126 valence electrons. The number of halogens is 2. The Morgan fingerprint density at radius 3 is 2.76 bits per heavy atom. The molecule has 1 heterocycles. The van der Waals surface area contributed by atoms with Crippen LogP contribution in [-0.4, -0.2) is 18.1 Å². The molecule has 0 spiro atoms. The van der Waals surface area contributed by atoms with E-state index in [-0.39, 0.29) is 23.5 Å². The lowest BCUT2D eigenvalue weighted by atomic mass is 10.1. The zero-order valence-electron chi connectivity index (χ0n) is 13.1. The average Bonchev–Trinajstić information content (AvgIpc) is 3.07. The van der Waals surface area contributed by atoms with Gasteiger partial charge in [-0.1, -0.05) is 0 Å². The SMILES string of the molecule is COC(=O)Cc1c(Oc2ccc(F)c(C#N)c2)c(F)cc2[nH]ccc12. The second kappa shape index (κ2) is 6.61. The Hall–Kier alpha value is -3.40. The summed E-state index contributed by atoms with van der Waals surface area (Å²) in [5, 5.41) is 9.50. The second-order valence-electron chi connectivity index (χ2n) is 5.21. The number of esters is 1. The maximum atomic E-state index is 14.5. The Morgan fingerprint density at radius 2 is 2.04 bits per heavy atom. The number of carbonyl (C=O) groups is 1. The third-order valence-electron chi connectivity index (χ3n) is 3.69. The van der Waals surface area contributed by atoms with Gasteiger partial charge in [-0.3, -0.25) is 4.79 Å². The topological polar surface area (TPSA) is 75.1 Å². The average molecular weight is 342 g/mol. The first-order chi connectivity index (χ1) is 12.0. The molecular formula is C18H12F2N2O3. The number of methoxy groups -OCH3 is 1. The first-order valence-electron chi connectivity index (χ1n) is 7.26. The zero-order chi connectivity index (χ0) is 18.0. The molecular weight excluding hydrogens is 330 g/mol. The van der Waals surface area contributed by atoms with Crippen LogP contribution in [0.4, 0.5) is 8.78 Å². The van der Waals surface area contributed by atoms with E-state index in [4.69, 9.17) is 10.00 Å². The Kier molecular flexibility index (Phi) is 4.35. The predicted octanol–water partition coefficient (Wildman–Crippen LogP) is 3.83. The van der Waals surface area contributed by atoms with Gasteiger partial charge in [-0.05, 0) is 18.2 Å². The number of nitrogens with one attached hydrogen (secondary N) is 1. The number of carbonyl (C=O) groups excluding carboxylic acids is 1. The largest absolute Gasteiger partial charge is 0.469 e. The van der Waals surface area contributed by atoms with Gasteiger partial charge < -0.3 is 14.5 Å². The van der Waals surface area contributed by atoms with Crippen LogP contribution in [0.5, 0.6) is 11.5 Å². The van der Waals surface area contributed by atoms with Crippen LogP contribution >= 0.6 is 0 Å². The van der Waals surface area contributed by atoms with Crippen molar-refractivity contribution in [3.63, 3.8) is 0 Å². The van der Waals surface area contributed by atoms with Gasteiger partial charge in [0.2, 0.25) is 0 Å². The van der Waals surface area contributed by atoms with Gasteiger partial charge in [-0.15, -0.1) is 0 Å². The number of H-pyrrole nitrogens is 1. The molecule has 0 radical (unpaired) electrons. The molecule has 0 aliphatic heterocycles. The number of nitriles is 1. The van der Waals surface area contributed by atoms with Crippen LogP contribution in [0, 0.1) is 23.0 Å². The number of hydrogen-bond acceptors (Lipinski definition) is 4. The second-order valence-corrected chi connectivity index (χ2v) is 5.21. The smallest absolute Gasteiger partial charge is 0.310 e. The van der Waals surface area contributed by atoms with Gasteiger partial charge in [0.1, 0.15) is 17.6 Å². The van der Waals surface area contributed by atoms with Gasteiger partial charge in [0.05, 0.1) is 19.1 Å². The molecule has 0 fully saturated rings. The van der Waals surface area contributed by atoms with Crippen molar-refractivity contribution in [3.05, 3.63) is 59.3 Å². The maximum Gasteiger partial charge on any atom is 0.310 e. The fourth-order valence-corrected chi connectivity index (χ4v) is 2.50. The third-order valence-corrected chi connectivity index (χ3v) is 3.69. The number of aromatic amines is 1. The maximum absolute atomic E-state index is 14.5. The van der Waals surface area contributed by atoms with Crippen LogP contribution in [0.25, 0.3) is 10.9 Å². The molecule has 0 bridgehead atoms. The van der Waals surface area contributed by atoms with Crippen molar-refractivity contribution >= 4 is 16.9 Å². The lowest BCUT2D eigenvalue weighted by molar-refractivity contribution is -0.139. The summed E-state index contributed by atoms with van der Waals surface area (Å²) in [7, 11) is 1.23. The molecule has 3 rings (SSSR count). The quantitative estimate of drug-likeness (QED) is 0.731. The van der Waals surface area contributed by atoms with Crippen molar-refractivity contribution in [2.75, 3.05) is 7.11 Å². The van der Waals surface area contributed by atoms with Crippen molar-refractivity contribution in [3.8, 4) is 17.6 Å². The summed E-state index contributed by atoms with van der Waals surface area (Å²) in [6.45, 7) is 0. The lowest BCUT2D eigenvalue weighted by Crippen LogP contribution is -2.07. The number of hydrogen-bond donors (Lipinski definition) is 1. The van der Waals surface area contributed by atoms with E-state index in [1.54, 1.807) is 18.3 Å². The molecule has 0 aliphatic carbocycles. The van der Waals surface area contributed by atoms with Crippen molar-refractivity contribution in [1.82, 2.24) is 4.98 Å². The van der Waals surface area contributed by atoms with E-state index in [0.29, 0.717) is 16.5 Å². The van der Waals surface area contributed by atoms with E-state index in [2.05, 4.69) is 9.72 Å². The van der Waals surface area contributed by atoms with Crippen LogP contribution in [-0.2, 0) is 16.0 Å². The highest BCUT2D eigenvalue weighted by atomic mass is 19.1. The van der Waals surface area contributed by atoms with Gasteiger partial charge in [0.15, 0.2) is 11.6 Å². The Balaban J connectivity index is 2.11. The number of aromatic nitrogens is 1. The van der Waals surface area contributed by atoms with Crippen LogP contribution in [0.1, 0.15) is 11.1 Å². The van der Waals surface area contributed by atoms with E-state index in [0.717, 1.165) is 12.1 Å². The van der Waals surface area contributed by atoms with Gasteiger partial charge in [0, 0.05) is 34.8 Å². The van der Waals surface area contributed by atoms with Gasteiger partial charge in [0.25, 0.3) is 0 Å². The van der Waals surface area contributed by atoms with E-state index < -0.39 is 17.6 Å². The molecule has 2 aromatic carbocycles. The molecule has 0 saturated heterocycles. The number of nitrogens with zero attached hydrogens (tertiary/aromatic N) is 1. The van der Waals surface area contributed by atoms with Crippen molar-refractivity contribution in [2.45, 2.75) is 6.42 Å². The minimum atomic E-state index is -0.703. The highest BCUT2D eigenvalue weighted by Crippen LogP contribution is 2.35. The fourth-order valence-electron chi connectivity index (χ4n) is 2.50. The molecule has 0 unspecified atom stereocenters. The summed E-state index contributed by atoms with van der Waals surface area (Å²) in [5.74, 6) is -2.05. The summed E-state index contributed by atoms with van der Waals surface area (Å²) in [5.41, 5.74) is 0.571. The Bertz CT molecular complexity index is 1010. The number of ether oxygens (including phenoxy) is 2. The van der Waals surface area contributed by atoms with Gasteiger partial charge >= 0.3 is 5.97 Å². The molecule has 7 heteroatoms. The van der Waals surface area contributed by atoms with E-state index in [9.17, 15) is 13.6 Å². The standard InChI is InChI=1S/C18H12F2N2O3/c1-24-17(23)7-13-12-4-5-22-16(12)8-15(20)18(13)25-11-2-3-14(19)10(6-11)9-21/h2-6,8,22H,7H2,1H3. The molecule has 1 N–H and O–H groups in total. The van der Waals surface area contributed by atoms with Crippen LogP contribution in [0.2, 0.25) is 0 Å². The summed E-state index contributed by atoms with van der Waals surface area (Å²) in [4.78, 5) is 14.6. The van der Waals surface area contributed by atoms with E-state index >= 15 is 0 Å². The highest BCUT2D eigenvalue weighted by Gasteiger charge is 2.20. The van der Waals surface area contributed by atoms with Gasteiger partial charge in [-0.2, -0.15) is 5.26 Å². The molecule has 0 aliphatic rings. The molecule has 3 aromatic rings. The van der Waals surface area contributed by atoms with Crippen LogP contribution in [0.3, 0.4) is 0 Å². The third kappa shape index (κ3) is 3.15. The van der Waals surface area contributed by atoms with E-state index in [1.165, 1.54) is 19.2 Å². The Morgan fingerprint density at radius 1 is 1.24 bits per heavy atom. The number of rotatable bonds is 4. The zero-order valence-corrected chi connectivity index (χ0v) is 13.1. The fraction of sp³-hybridized carbons (Fsp3) is 0.111.